The Morgan fingerprint density at radius 2 is 2.04 bits per heavy atom. The normalized spacial score (nSPS) is 10.9. The summed E-state index contributed by atoms with van der Waals surface area (Å²) >= 11 is 1.67. The van der Waals surface area contributed by atoms with Gasteiger partial charge in [-0.05, 0) is 36.9 Å². The molecule has 24 heavy (non-hydrogen) atoms. The SMILES string of the molecule is C=CCN(Cc1ccc(C)cc1)C(=O)c1cc2sccc2n1CC. The van der Waals surface area contributed by atoms with Gasteiger partial charge in [-0.2, -0.15) is 0 Å². The van der Waals surface area contributed by atoms with E-state index < -0.39 is 0 Å². The molecular weight excluding hydrogens is 316 g/mol. The Hall–Kier alpha value is -2.33. The van der Waals surface area contributed by atoms with Crippen LogP contribution in [-0.4, -0.2) is 21.9 Å². The van der Waals surface area contributed by atoms with E-state index in [0.29, 0.717) is 13.1 Å². The highest BCUT2D eigenvalue weighted by atomic mass is 32.1. The van der Waals surface area contributed by atoms with Crippen molar-refractivity contribution in [3.05, 3.63) is 71.3 Å². The number of amides is 1. The maximum atomic E-state index is 13.1. The molecule has 0 aliphatic carbocycles. The average Bonchev–Trinajstić information content (AvgIpc) is 3.16. The fraction of sp³-hybridized carbons (Fsp3) is 0.250. The van der Waals surface area contributed by atoms with Crippen LogP contribution in [0.3, 0.4) is 0 Å². The lowest BCUT2D eigenvalue weighted by atomic mass is 10.1. The molecule has 3 aromatic rings. The summed E-state index contributed by atoms with van der Waals surface area (Å²) in [5.41, 5.74) is 4.25. The van der Waals surface area contributed by atoms with Crippen molar-refractivity contribution in [1.29, 1.82) is 0 Å². The van der Waals surface area contributed by atoms with E-state index in [-0.39, 0.29) is 5.91 Å². The smallest absolute Gasteiger partial charge is 0.271 e. The van der Waals surface area contributed by atoms with Gasteiger partial charge < -0.3 is 9.47 Å². The monoisotopic (exact) mass is 338 g/mol. The van der Waals surface area contributed by atoms with Crippen molar-refractivity contribution in [3.8, 4) is 0 Å². The number of fused-ring (bicyclic) bond motifs is 1. The van der Waals surface area contributed by atoms with Gasteiger partial charge in [0.25, 0.3) is 5.91 Å². The van der Waals surface area contributed by atoms with Crippen molar-refractivity contribution < 1.29 is 4.79 Å². The van der Waals surface area contributed by atoms with Crippen molar-refractivity contribution in [2.45, 2.75) is 26.9 Å². The molecule has 0 aliphatic rings. The summed E-state index contributed by atoms with van der Waals surface area (Å²) in [6.07, 6.45) is 1.79. The van der Waals surface area contributed by atoms with Crippen molar-refractivity contribution in [2.75, 3.05) is 6.54 Å². The minimum absolute atomic E-state index is 0.0562. The van der Waals surface area contributed by atoms with Crippen LogP contribution >= 0.6 is 11.3 Å². The summed E-state index contributed by atoms with van der Waals surface area (Å²) in [6.45, 7) is 9.86. The average molecular weight is 338 g/mol. The second-order valence-electron chi connectivity index (χ2n) is 5.90. The van der Waals surface area contributed by atoms with Crippen LogP contribution in [0.2, 0.25) is 0 Å². The topological polar surface area (TPSA) is 25.2 Å². The first-order chi connectivity index (χ1) is 11.6. The molecule has 3 nitrogen and oxygen atoms in total. The van der Waals surface area contributed by atoms with Gasteiger partial charge in [0.05, 0.1) is 10.2 Å². The molecule has 0 atom stereocenters. The van der Waals surface area contributed by atoms with E-state index in [2.05, 4.69) is 60.7 Å². The van der Waals surface area contributed by atoms with Gasteiger partial charge >= 0.3 is 0 Å². The Bertz CT molecular complexity index is 858. The first kappa shape index (κ1) is 16.5. The molecule has 0 aliphatic heterocycles. The predicted molar refractivity (Wildman–Crippen MR) is 102 cm³/mol. The molecule has 124 valence electrons. The second-order valence-corrected chi connectivity index (χ2v) is 6.85. The number of rotatable bonds is 6. The number of hydrogen-bond donors (Lipinski definition) is 0. The standard InChI is InChI=1S/C20H22N2OS/c1-4-11-21(14-16-8-6-15(3)7-9-16)20(23)18-13-19-17(10-12-24-19)22(18)5-2/h4,6-10,12-13H,1,5,11,14H2,2-3H3. The molecule has 0 spiro atoms. The van der Waals surface area contributed by atoms with Crippen molar-refractivity contribution in [2.24, 2.45) is 0 Å². The fourth-order valence-corrected chi connectivity index (χ4v) is 3.77. The molecule has 0 fully saturated rings. The van der Waals surface area contributed by atoms with Gasteiger partial charge in [0.15, 0.2) is 0 Å². The molecule has 0 radical (unpaired) electrons. The molecule has 0 N–H and O–H groups in total. The maximum absolute atomic E-state index is 13.1. The maximum Gasteiger partial charge on any atom is 0.271 e. The third-order valence-corrected chi connectivity index (χ3v) is 5.04. The van der Waals surface area contributed by atoms with Gasteiger partial charge in [0, 0.05) is 19.6 Å². The molecule has 4 heteroatoms. The summed E-state index contributed by atoms with van der Waals surface area (Å²) in [7, 11) is 0. The van der Waals surface area contributed by atoms with E-state index in [1.165, 1.54) is 5.56 Å². The highest BCUT2D eigenvalue weighted by Crippen LogP contribution is 2.26. The zero-order valence-corrected chi connectivity index (χ0v) is 15.0. The number of aryl methyl sites for hydroxylation is 2. The molecule has 0 saturated heterocycles. The van der Waals surface area contributed by atoms with Crippen LogP contribution in [0.15, 0.2) is 54.4 Å². The zero-order valence-electron chi connectivity index (χ0n) is 14.2. The minimum atomic E-state index is 0.0562. The number of carbonyl (C=O) groups excluding carboxylic acids is 1. The largest absolute Gasteiger partial charge is 0.336 e. The summed E-state index contributed by atoms with van der Waals surface area (Å²) < 4.78 is 3.26. The van der Waals surface area contributed by atoms with Crippen LogP contribution in [0.25, 0.3) is 10.2 Å². The van der Waals surface area contributed by atoms with Crippen LogP contribution in [0.4, 0.5) is 0 Å². The third-order valence-electron chi connectivity index (χ3n) is 4.19. The molecule has 1 amide bonds. The molecule has 1 aromatic carbocycles. The predicted octanol–water partition coefficient (Wildman–Crippen LogP) is 4.86. The first-order valence-electron chi connectivity index (χ1n) is 8.16. The summed E-state index contributed by atoms with van der Waals surface area (Å²) in [5, 5.41) is 2.07. The Morgan fingerprint density at radius 3 is 2.71 bits per heavy atom. The lowest BCUT2D eigenvalue weighted by Gasteiger charge is -2.22. The highest BCUT2D eigenvalue weighted by Gasteiger charge is 2.21. The Morgan fingerprint density at radius 1 is 1.29 bits per heavy atom. The lowest BCUT2D eigenvalue weighted by molar-refractivity contribution is 0.0752. The second kappa shape index (κ2) is 7.05. The quantitative estimate of drug-likeness (QED) is 0.589. The van der Waals surface area contributed by atoms with Crippen molar-refractivity contribution in [3.63, 3.8) is 0 Å². The van der Waals surface area contributed by atoms with E-state index in [0.717, 1.165) is 28.0 Å². The number of carbonyl (C=O) groups is 1. The number of hydrogen-bond acceptors (Lipinski definition) is 2. The molecule has 2 heterocycles. The van der Waals surface area contributed by atoms with Crippen molar-refractivity contribution in [1.82, 2.24) is 9.47 Å². The van der Waals surface area contributed by atoms with Gasteiger partial charge in [0.2, 0.25) is 0 Å². The van der Waals surface area contributed by atoms with E-state index >= 15 is 0 Å². The van der Waals surface area contributed by atoms with Crippen LogP contribution in [-0.2, 0) is 13.1 Å². The zero-order chi connectivity index (χ0) is 17.1. The molecule has 2 aromatic heterocycles. The first-order valence-corrected chi connectivity index (χ1v) is 9.04. The molecular formula is C20H22N2OS. The van der Waals surface area contributed by atoms with Crippen LogP contribution in [0.1, 0.15) is 28.5 Å². The van der Waals surface area contributed by atoms with Gasteiger partial charge in [-0.3, -0.25) is 4.79 Å². The Labute approximate surface area is 146 Å². The van der Waals surface area contributed by atoms with Crippen molar-refractivity contribution >= 4 is 27.5 Å². The Balaban J connectivity index is 1.91. The highest BCUT2D eigenvalue weighted by molar-refractivity contribution is 7.17. The summed E-state index contributed by atoms with van der Waals surface area (Å²) in [4.78, 5) is 15.0. The van der Waals surface area contributed by atoms with E-state index in [1.54, 1.807) is 17.4 Å². The molecule has 0 bridgehead atoms. The van der Waals surface area contributed by atoms with E-state index in [4.69, 9.17) is 0 Å². The molecule has 3 rings (SSSR count). The van der Waals surface area contributed by atoms with Gasteiger partial charge in [-0.1, -0.05) is 35.9 Å². The van der Waals surface area contributed by atoms with E-state index in [1.807, 2.05) is 11.0 Å². The minimum Gasteiger partial charge on any atom is -0.336 e. The number of benzene rings is 1. The van der Waals surface area contributed by atoms with Gasteiger partial charge in [-0.25, -0.2) is 0 Å². The number of nitrogens with zero attached hydrogens (tertiary/aromatic N) is 2. The molecule has 0 saturated carbocycles. The van der Waals surface area contributed by atoms with Gasteiger partial charge in [-0.15, -0.1) is 17.9 Å². The number of thiophene rings is 1. The van der Waals surface area contributed by atoms with Gasteiger partial charge in [0.1, 0.15) is 5.69 Å². The lowest BCUT2D eigenvalue weighted by Crippen LogP contribution is -2.32. The summed E-state index contributed by atoms with van der Waals surface area (Å²) in [6, 6.07) is 12.4. The third kappa shape index (κ3) is 3.15. The summed E-state index contributed by atoms with van der Waals surface area (Å²) in [5.74, 6) is 0.0562. The fourth-order valence-electron chi connectivity index (χ4n) is 2.95. The van der Waals surface area contributed by atoms with E-state index in [9.17, 15) is 4.79 Å². The van der Waals surface area contributed by atoms with Crippen LogP contribution in [0.5, 0.6) is 0 Å². The van der Waals surface area contributed by atoms with Crippen LogP contribution < -0.4 is 0 Å². The molecule has 0 unspecified atom stereocenters. The Kier molecular flexibility index (Phi) is 4.86. The number of aromatic nitrogens is 1. The van der Waals surface area contributed by atoms with Crippen LogP contribution in [0, 0.1) is 6.92 Å².